The number of benzene rings is 6. The van der Waals surface area contributed by atoms with Crippen LogP contribution in [0.4, 0.5) is 0 Å². The summed E-state index contributed by atoms with van der Waals surface area (Å²) in [6, 6.07) is 55.7. The molecule has 10 aromatic rings. The van der Waals surface area contributed by atoms with Crippen LogP contribution < -0.4 is 0 Å². The van der Waals surface area contributed by atoms with Gasteiger partial charge in [-0.1, -0.05) is 126 Å². The second kappa shape index (κ2) is 16.4. The fourth-order valence-corrected chi connectivity index (χ4v) is 9.31. The van der Waals surface area contributed by atoms with Gasteiger partial charge in [0.05, 0.1) is 28.1 Å². The van der Waals surface area contributed by atoms with Gasteiger partial charge in [-0.25, -0.2) is 4.98 Å². The van der Waals surface area contributed by atoms with Gasteiger partial charge in [0, 0.05) is 57.3 Å². The lowest BCUT2D eigenvalue weighted by molar-refractivity contribution is 0.477. The third kappa shape index (κ3) is 7.85. The van der Waals surface area contributed by atoms with E-state index in [0.29, 0.717) is 11.3 Å². The molecule has 0 bridgehead atoms. The van der Waals surface area contributed by atoms with Gasteiger partial charge < -0.3 is 9.67 Å². The van der Waals surface area contributed by atoms with Crippen molar-refractivity contribution in [2.45, 2.75) is 66.2 Å². The zero-order chi connectivity index (χ0) is 45.9. The summed E-state index contributed by atoms with van der Waals surface area (Å²) in [5.41, 5.74) is 20.1. The molecule has 0 unspecified atom stereocenters. The molecule has 66 heavy (non-hydrogen) atoms. The first kappa shape index (κ1) is 42.3. The largest absolute Gasteiger partial charge is 0.507 e. The first-order valence-corrected chi connectivity index (χ1v) is 22.8. The summed E-state index contributed by atoms with van der Waals surface area (Å²) in [5.74, 6) is 0.197. The van der Waals surface area contributed by atoms with E-state index in [4.69, 9.17) is 9.97 Å². The van der Waals surface area contributed by atoms with Crippen LogP contribution in [0.1, 0.15) is 63.8 Å². The summed E-state index contributed by atoms with van der Waals surface area (Å²) >= 11 is 0. The van der Waals surface area contributed by atoms with E-state index in [-0.39, 0.29) is 16.6 Å². The van der Waals surface area contributed by atoms with Crippen LogP contribution in [-0.4, -0.2) is 24.6 Å². The molecule has 0 spiro atoms. The minimum atomic E-state index is -0.0469. The molecule has 0 radical (unpaired) electrons. The van der Waals surface area contributed by atoms with Crippen molar-refractivity contribution in [3.05, 3.63) is 199 Å². The van der Waals surface area contributed by atoms with E-state index in [1.54, 1.807) is 6.07 Å². The fourth-order valence-electron chi connectivity index (χ4n) is 9.31. The number of para-hydroxylation sites is 3. The first-order valence-electron chi connectivity index (χ1n) is 22.8. The molecule has 5 heteroatoms. The van der Waals surface area contributed by atoms with Crippen LogP contribution in [0.2, 0.25) is 0 Å². The highest BCUT2D eigenvalue weighted by Gasteiger charge is 2.23. The molecule has 0 aliphatic heterocycles. The quantitative estimate of drug-likeness (QED) is 0.173. The van der Waals surface area contributed by atoms with Crippen LogP contribution in [0, 0.1) is 13.8 Å². The molecule has 5 nitrogen and oxygen atoms in total. The van der Waals surface area contributed by atoms with Crippen molar-refractivity contribution >= 4 is 21.8 Å². The number of fused-ring (bicyclic) bond motifs is 3. The SMILES string of the molecule is Cc1cc(-n2c3ccccc3c3cccc(-c4ccnc(-c5cccc(-c6cc(-c7cc(C(C)(C)C)cc(C(C)(C)C)c7)cc(-c7ccccc7O)n6)c5)c4)c32)c(C)cc1-c1ccncc1. The predicted octanol–water partition coefficient (Wildman–Crippen LogP) is 15.9. The van der Waals surface area contributed by atoms with E-state index >= 15 is 0 Å². The van der Waals surface area contributed by atoms with Gasteiger partial charge in [0.25, 0.3) is 0 Å². The molecule has 4 heterocycles. The van der Waals surface area contributed by atoms with Crippen molar-refractivity contribution in [2.75, 3.05) is 0 Å². The third-order valence-electron chi connectivity index (χ3n) is 13.0. The van der Waals surface area contributed by atoms with E-state index < -0.39 is 0 Å². The Bertz CT molecular complexity index is 3440. The van der Waals surface area contributed by atoms with E-state index in [2.05, 4.69) is 198 Å². The number of nitrogens with zero attached hydrogens (tertiary/aromatic N) is 4. The number of aryl methyl sites for hydroxylation is 2. The van der Waals surface area contributed by atoms with Gasteiger partial charge in [0.1, 0.15) is 5.75 Å². The average molecular weight is 859 g/mol. The number of pyridine rings is 3. The number of hydrogen-bond acceptors (Lipinski definition) is 4. The lowest BCUT2D eigenvalue weighted by atomic mass is 9.79. The molecule has 6 aromatic carbocycles. The van der Waals surface area contributed by atoms with Gasteiger partial charge in [0.2, 0.25) is 0 Å². The third-order valence-corrected chi connectivity index (χ3v) is 13.0. The summed E-state index contributed by atoms with van der Waals surface area (Å²) in [6.45, 7) is 18.0. The maximum atomic E-state index is 11.1. The summed E-state index contributed by atoms with van der Waals surface area (Å²) in [7, 11) is 0. The van der Waals surface area contributed by atoms with Crippen molar-refractivity contribution in [1.82, 2.24) is 19.5 Å². The number of rotatable bonds is 7. The summed E-state index contributed by atoms with van der Waals surface area (Å²) < 4.78 is 2.45. The average Bonchev–Trinajstić information content (AvgIpc) is 3.66. The Morgan fingerprint density at radius 1 is 0.439 bits per heavy atom. The van der Waals surface area contributed by atoms with Gasteiger partial charge in [-0.05, 0) is 148 Å². The molecule has 0 amide bonds. The van der Waals surface area contributed by atoms with Crippen LogP contribution in [-0.2, 0) is 10.8 Å². The van der Waals surface area contributed by atoms with E-state index in [0.717, 1.165) is 61.5 Å². The van der Waals surface area contributed by atoms with Crippen LogP contribution >= 0.6 is 0 Å². The van der Waals surface area contributed by atoms with Gasteiger partial charge in [-0.15, -0.1) is 0 Å². The molecule has 0 fully saturated rings. The maximum Gasteiger partial charge on any atom is 0.124 e. The standard InChI is InChI=1S/C61H54N4O/c1-38-30-57(39(2)29-52(38)40-23-26-62-27-24-40)65-56-21-11-9-17-49(56)50-20-14-19-48(59(50)65)41-25-28-63-53(34-41)42-15-13-16-43(31-42)54-35-45(36-55(64-54)51-18-10-12-22-58(51)66)44-32-46(60(3,4)5)37-47(33-44)61(6,7)8/h9-37,66H,1-8H3. The zero-order valence-corrected chi connectivity index (χ0v) is 39.0. The zero-order valence-electron chi connectivity index (χ0n) is 39.0. The second-order valence-electron chi connectivity index (χ2n) is 19.7. The number of phenols is 1. The molecule has 0 saturated carbocycles. The molecule has 0 atom stereocenters. The van der Waals surface area contributed by atoms with E-state index in [1.165, 1.54) is 44.1 Å². The van der Waals surface area contributed by atoms with Crippen LogP contribution in [0.15, 0.2) is 176 Å². The fraction of sp³-hybridized carbons (Fsp3) is 0.164. The van der Waals surface area contributed by atoms with Gasteiger partial charge in [0.15, 0.2) is 0 Å². The molecule has 324 valence electrons. The van der Waals surface area contributed by atoms with Crippen LogP contribution in [0.25, 0.3) is 94.6 Å². The predicted molar refractivity (Wildman–Crippen MR) is 275 cm³/mol. The lowest BCUT2D eigenvalue weighted by Gasteiger charge is -2.26. The number of hydrogen-bond donors (Lipinski definition) is 1. The summed E-state index contributed by atoms with van der Waals surface area (Å²) in [5, 5.41) is 13.5. The molecular formula is C61H54N4O. The van der Waals surface area contributed by atoms with Gasteiger partial charge in [-0.2, -0.15) is 0 Å². The van der Waals surface area contributed by atoms with Gasteiger partial charge in [-0.3, -0.25) is 9.97 Å². The number of phenolic OH excluding ortho intramolecular Hbond substituents is 1. The highest BCUT2D eigenvalue weighted by atomic mass is 16.3. The van der Waals surface area contributed by atoms with Gasteiger partial charge >= 0.3 is 0 Å². The second-order valence-corrected chi connectivity index (χ2v) is 19.7. The van der Waals surface area contributed by atoms with Crippen molar-refractivity contribution in [1.29, 1.82) is 0 Å². The van der Waals surface area contributed by atoms with Crippen LogP contribution in [0.5, 0.6) is 5.75 Å². The molecule has 0 saturated heterocycles. The van der Waals surface area contributed by atoms with E-state index in [9.17, 15) is 5.11 Å². The smallest absolute Gasteiger partial charge is 0.124 e. The lowest BCUT2D eigenvalue weighted by Crippen LogP contribution is -2.16. The van der Waals surface area contributed by atoms with Crippen molar-refractivity contribution < 1.29 is 5.11 Å². The Morgan fingerprint density at radius 3 is 1.79 bits per heavy atom. The molecule has 10 rings (SSSR count). The number of aromatic nitrogens is 4. The monoisotopic (exact) mass is 858 g/mol. The normalized spacial score (nSPS) is 12.0. The Labute approximate surface area is 388 Å². The van der Waals surface area contributed by atoms with Crippen molar-refractivity contribution in [2.24, 2.45) is 0 Å². The highest BCUT2D eigenvalue weighted by Crippen LogP contribution is 2.42. The Hall–Kier alpha value is -7.63. The molecule has 4 aromatic heterocycles. The van der Waals surface area contributed by atoms with Crippen molar-refractivity contribution in [3.8, 4) is 78.6 Å². The minimum absolute atomic E-state index is 0.0469. The molecular weight excluding hydrogens is 805 g/mol. The van der Waals surface area contributed by atoms with Crippen LogP contribution in [0.3, 0.4) is 0 Å². The van der Waals surface area contributed by atoms with Crippen molar-refractivity contribution in [3.63, 3.8) is 0 Å². The first-order chi connectivity index (χ1) is 31.7. The Morgan fingerprint density at radius 2 is 1.05 bits per heavy atom. The summed E-state index contributed by atoms with van der Waals surface area (Å²) in [6.07, 6.45) is 5.64. The highest BCUT2D eigenvalue weighted by molar-refractivity contribution is 6.14. The topological polar surface area (TPSA) is 63.8 Å². The minimum Gasteiger partial charge on any atom is -0.507 e. The van der Waals surface area contributed by atoms with E-state index in [1.807, 2.05) is 36.8 Å². The number of aromatic hydroxyl groups is 1. The Kier molecular flexibility index (Phi) is 10.5. The molecule has 0 aliphatic rings. The maximum absolute atomic E-state index is 11.1. The molecule has 1 N–H and O–H groups in total. The Balaban J connectivity index is 1.11. The summed E-state index contributed by atoms with van der Waals surface area (Å²) in [4.78, 5) is 14.5. The molecule has 0 aliphatic carbocycles.